The van der Waals surface area contributed by atoms with Crippen LogP contribution in [-0.2, 0) is 35.8 Å². The fraction of sp³-hybridized carbons (Fsp3) is 0.269. The van der Waals surface area contributed by atoms with Gasteiger partial charge in [0.1, 0.15) is 42.6 Å². The zero-order valence-electron chi connectivity index (χ0n) is 35.9. The molecule has 2 N–H and O–H groups in total. The van der Waals surface area contributed by atoms with Gasteiger partial charge in [0.25, 0.3) is 0 Å². The highest BCUT2D eigenvalue weighted by Gasteiger charge is 2.15. The van der Waals surface area contributed by atoms with Crippen molar-refractivity contribution in [1.82, 2.24) is 20.6 Å². The zero-order valence-corrected chi connectivity index (χ0v) is 35.9. The average molecular weight is 825 g/mol. The lowest BCUT2D eigenvalue weighted by Crippen LogP contribution is -2.20. The van der Waals surface area contributed by atoms with E-state index in [1.54, 1.807) is 31.7 Å². The first-order valence-corrected chi connectivity index (χ1v) is 21.0. The summed E-state index contributed by atoms with van der Waals surface area (Å²) in [6.07, 6.45) is 10.5. The van der Waals surface area contributed by atoms with Crippen molar-refractivity contribution < 1.29 is 19.1 Å². The number of unbranched alkanes of at least 4 members (excludes halogenated alkanes) is 1. The second kappa shape index (κ2) is 21.9. The molecule has 0 aliphatic rings. The van der Waals surface area contributed by atoms with E-state index in [4.69, 9.17) is 9.47 Å². The molecule has 6 aromatic rings. The van der Waals surface area contributed by atoms with Crippen LogP contribution >= 0.6 is 0 Å². The number of nitriles is 2. The first-order chi connectivity index (χ1) is 30.1. The van der Waals surface area contributed by atoms with Crippen molar-refractivity contribution in [2.75, 3.05) is 13.1 Å². The Bertz CT molecular complexity index is 2440. The Balaban J connectivity index is 1.17. The maximum atomic E-state index is 11.4. The molecule has 2 heterocycles. The topological polar surface area (TPSA) is 150 Å². The number of hydrogen-bond acceptors (Lipinski definition) is 9. The molecular formula is C52H52N6O4. The van der Waals surface area contributed by atoms with Gasteiger partial charge in [0, 0.05) is 62.3 Å². The number of amides is 1. The van der Waals surface area contributed by atoms with Crippen LogP contribution in [0.5, 0.6) is 11.5 Å². The summed E-state index contributed by atoms with van der Waals surface area (Å²) in [6.45, 7) is 10.1. The summed E-state index contributed by atoms with van der Waals surface area (Å²) in [4.78, 5) is 31.3. The van der Waals surface area contributed by atoms with Crippen molar-refractivity contribution >= 4 is 11.7 Å². The van der Waals surface area contributed by atoms with Crippen LogP contribution in [-0.4, -0.2) is 34.7 Å². The number of hydrogen-bond donors (Lipinski definition) is 2. The number of nitrogens with one attached hydrogen (secondary N) is 2. The largest absolute Gasteiger partial charge is 0.489 e. The fourth-order valence-electron chi connectivity index (χ4n) is 7.47. The molecule has 62 heavy (non-hydrogen) atoms. The number of benzene rings is 4. The quantitative estimate of drug-likeness (QED) is 0.0718. The zero-order chi connectivity index (χ0) is 43.8. The fourth-order valence-corrected chi connectivity index (χ4v) is 7.47. The molecule has 10 nitrogen and oxygen atoms in total. The molecule has 4 aromatic carbocycles. The van der Waals surface area contributed by atoms with Crippen LogP contribution in [0.25, 0.3) is 33.4 Å². The Morgan fingerprint density at radius 2 is 1.16 bits per heavy atom. The van der Waals surface area contributed by atoms with Crippen molar-refractivity contribution in [1.29, 1.82) is 10.5 Å². The van der Waals surface area contributed by atoms with Crippen LogP contribution in [0.4, 0.5) is 0 Å². The molecule has 0 radical (unpaired) electrons. The van der Waals surface area contributed by atoms with E-state index < -0.39 is 0 Å². The molecule has 1 amide bonds. The number of carbonyl (C=O) groups excluding carboxylic acids is 2. The Labute approximate surface area is 364 Å². The van der Waals surface area contributed by atoms with Crippen molar-refractivity contribution in [3.05, 3.63) is 154 Å². The molecule has 6 rings (SSSR count). The number of ether oxygens (including phenoxy) is 2. The third-order valence-electron chi connectivity index (χ3n) is 10.9. The van der Waals surface area contributed by atoms with Gasteiger partial charge in [-0.2, -0.15) is 10.5 Å². The third-order valence-corrected chi connectivity index (χ3v) is 10.9. The third kappa shape index (κ3) is 12.0. The van der Waals surface area contributed by atoms with E-state index >= 15 is 0 Å². The summed E-state index contributed by atoms with van der Waals surface area (Å²) in [5.74, 6) is 1.57. The lowest BCUT2D eigenvalue weighted by molar-refractivity contribution is -0.119. The smallest absolute Gasteiger partial charge is 0.216 e. The van der Waals surface area contributed by atoms with Gasteiger partial charge >= 0.3 is 0 Å². The molecule has 0 aliphatic heterocycles. The average Bonchev–Trinajstić information content (AvgIpc) is 3.28. The van der Waals surface area contributed by atoms with E-state index in [0.717, 1.165) is 105 Å². The highest BCUT2D eigenvalue weighted by atomic mass is 16.5. The second-order valence-electron chi connectivity index (χ2n) is 15.5. The van der Waals surface area contributed by atoms with Crippen molar-refractivity contribution in [3.8, 4) is 57.0 Å². The standard InChI is InChI=1S/C52H52N6O4/c1-35(59)10-9-20-55-30-42-17-19-48(25-52(42)46-23-40(27-54)29-57-32-46)62-34-44-13-8-15-50(37(44)3)49-14-7-12-43(36(49)2)33-61-47-18-16-41(11-5-6-21-58-38(4)60)51(24-47)45-22-39(26-53)28-56-31-45/h7-8,12-19,22-25,28-29,31-32,55H,5-6,9-11,20-21,30,33-34H2,1-4H3,(H,58,60). The van der Waals surface area contributed by atoms with Crippen LogP contribution in [0, 0.1) is 36.5 Å². The van der Waals surface area contributed by atoms with E-state index in [0.29, 0.717) is 49.6 Å². The number of ketones is 1. The van der Waals surface area contributed by atoms with Gasteiger partial charge in [0.05, 0.1) is 11.1 Å². The molecule has 0 fully saturated rings. The second-order valence-corrected chi connectivity index (χ2v) is 15.5. The van der Waals surface area contributed by atoms with Crippen LogP contribution < -0.4 is 20.1 Å². The normalized spacial score (nSPS) is 10.7. The molecular weight excluding hydrogens is 773 g/mol. The summed E-state index contributed by atoms with van der Waals surface area (Å²) in [7, 11) is 0. The molecule has 314 valence electrons. The van der Waals surface area contributed by atoms with Gasteiger partial charge in [-0.3, -0.25) is 14.8 Å². The van der Waals surface area contributed by atoms with E-state index in [1.165, 1.54) is 6.92 Å². The Morgan fingerprint density at radius 3 is 1.69 bits per heavy atom. The molecule has 0 unspecified atom stereocenters. The summed E-state index contributed by atoms with van der Waals surface area (Å²) in [6, 6.07) is 32.8. The Kier molecular flexibility index (Phi) is 15.7. The van der Waals surface area contributed by atoms with Crippen LogP contribution in [0.1, 0.15) is 84.0 Å². The maximum Gasteiger partial charge on any atom is 0.216 e. The Hall–Kier alpha value is -7.14. The molecule has 10 heteroatoms. The van der Waals surface area contributed by atoms with Gasteiger partial charge < -0.3 is 24.9 Å². The van der Waals surface area contributed by atoms with Gasteiger partial charge in [-0.15, -0.1) is 0 Å². The number of aryl methyl sites for hydroxylation is 1. The summed E-state index contributed by atoms with van der Waals surface area (Å²) >= 11 is 0. The van der Waals surface area contributed by atoms with Crippen molar-refractivity contribution in [2.45, 2.75) is 79.6 Å². The van der Waals surface area contributed by atoms with Gasteiger partial charge in [0.2, 0.25) is 5.91 Å². The Morgan fingerprint density at radius 1 is 0.613 bits per heavy atom. The molecule has 0 saturated carbocycles. The monoisotopic (exact) mass is 824 g/mol. The van der Waals surface area contributed by atoms with E-state index in [1.807, 2.05) is 42.5 Å². The molecule has 0 bridgehead atoms. The number of aromatic nitrogens is 2. The molecule has 0 aliphatic carbocycles. The number of rotatable bonds is 20. The highest BCUT2D eigenvalue weighted by molar-refractivity contribution is 5.75. The molecule has 0 atom stereocenters. The van der Waals surface area contributed by atoms with Crippen molar-refractivity contribution in [2.24, 2.45) is 0 Å². The van der Waals surface area contributed by atoms with Gasteiger partial charge in [-0.1, -0.05) is 48.5 Å². The minimum absolute atomic E-state index is 0.0296. The van der Waals surface area contributed by atoms with Crippen LogP contribution in [0.15, 0.2) is 110 Å². The summed E-state index contributed by atoms with van der Waals surface area (Å²) in [5, 5.41) is 25.4. The highest BCUT2D eigenvalue weighted by Crippen LogP contribution is 2.34. The van der Waals surface area contributed by atoms with E-state index in [9.17, 15) is 20.1 Å². The number of nitrogens with zero attached hydrogens (tertiary/aromatic N) is 4. The number of Topliss-reactive ketones (excluding diaryl/α,β-unsaturated/α-hetero) is 1. The van der Waals surface area contributed by atoms with E-state index in [2.05, 4.69) is 89.1 Å². The predicted molar refractivity (Wildman–Crippen MR) is 242 cm³/mol. The first-order valence-electron chi connectivity index (χ1n) is 21.0. The molecule has 2 aromatic heterocycles. The number of carbonyl (C=O) groups is 2. The van der Waals surface area contributed by atoms with E-state index in [-0.39, 0.29) is 11.7 Å². The van der Waals surface area contributed by atoms with Crippen LogP contribution in [0.3, 0.4) is 0 Å². The van der Waals surface area contributed by atoms with Gasteiger partial charge in [-0.05, 0) is 145 Å². The minimum atomic E-state index is -0.0296. The molecule has 0 spiro atoms. The summed E-state index contributed by atoms with van der Waals surface area (Å²) in [5.41, 5.74) is 13.3. The SMILES string of the molecule is CC(=O)CCCNCc1ccc(OCc2cccc(-c3cccc(COc4ccc(CCCCNC(C)=O)c(-c5cncc(C#N)c5)c4)c3C)c2C)cc1-c1cncc(C#N)c1. The minimum Gasteiger partial charge on any atom is -0.489 e. The van der Waals surface area contributed by atoms with Gasteiger partial charge in [-0.25, -0.2) is 0 Å². The maximum absolute atomic E-state index is 11.4. The first kappa shape index (κ1) is 44.4. The predicted octanol–water partition coefficient (Wildman–Crippen LogP) is 9.91. The van der Waals surface area contributed by atoms with Crippen LogP contribution in [0.2, 0.25) is 0 Å². The number of pyridine rings is 2. The summed E-state index contributed by atoms with van der Waals surface area (Å²) < 4.78 is 12.9. The molecule has 0 saturated heterocycles. The van der Waals surface area contributed by atoms with Crippen molar-refractivity contribution in [3.63, 3.8) is 0 Å². The lowest BCUT2D eigenvalue weighted by Gasteiger charge is -2.18. The van der Waals surface area contributed by atoms with Gasteiger partial charge in [0.15, 0.2) is 0 Å². The lowest BCUT2D eigenvalue weighted by atomic mass is 9.92.